The highest BCUT2D eigenvalue weighted by molar-refractivity contribution is 5.52. The van der Waals surface area contributed by atoms with E-state index in [1.54, 1.807) is 7.11 Å². The Morgan fingerprint density at radius 3 is 2.45 bits per heavy atom. The lowest BCUT2D eigenvalue weighted by Gasteiger charge is -2.05. The van der Waals surface area contributed by atoms with Crippen LogP contribution >= 0.6 is 0 Å². The highest BCUT2D eigenvalue weighted by Gasteiger charge is 2.06. The molecular formula is C7H11N3O. The summed E-state index contributed by atoms with van der Waals surface area (Å²) in [5.41, 5.74) is 7.91. The van der Waals surface area contributed by atoms with Crippen molar-refractivity contribution in [1.29, 1.82) is 0 Å². The highest BCUT2D eigenvalue weighted by atomic mass is 16.5. The lowest BCUT2D eigenvalue weighted by molar-refractivity contribution is 0.388. The third-order valence-corrected chi connectivity index (χ3v) is 1.60. The summed E-state index contributed by atoms with van der Waals surface area (Å²) in [6.45, 7) is 3.67. The van der Waals surface area contributed by atoms with Gasteiger partial charge in [-0.15, -0.1) is 5.10 Å². The normalized spacial score (nSPS) is 9.73. The SMILES string of the molecule is COc1nnc(C)c(N)c1C. The van der Waals surface area contributed by atoms with Crippen LogP contribution in [0, 0.1) is 13.8 Å². The number of nitrogens with two attached hydrogens (primary N) is 1. The molecule has 60 valence electrons. The Morgan fingerprint density at radius 2 is 1.91 bits per heavy atom. The molecule has 0 fully saturated rings. The number of hydrogen-bond donors (Lipinski definition) is 1. The van der Waals surface area contributed by atoms with Crippen molar-refractivity contribution in [2.45, 2.75) is 13.8 Å². The Labute approximate surface area is 65.4 Å². The molecule has 0 atom stereocenters. The van der Waals surface area contributed by atoms with Gasteiger partial charge in [0.1, 0.15) is 0 Å². The van der Waals surface area contributed by atoms with Crippen molar-refractivity contribution in [3.05, 3.63) is 11.3 Å². The van der Waals surface area contributed by atoms with Gasteiger partial charge in [0, 0.05) is 5.56 Å². The quantitative estimate of drug-likeness (QED) is 0.644. The first-order valence-corrected chi connectivity index (χ1v) is 3.30. The van der Waals surface area contributed by atoms with E-state index in [-0.39, 0.29) is 0 Å². The van der Waals surface area contributed by atoms with E-state index >= 15 is 0 Å². The molecule has 11 heavy (non-hydrogen) atoms. The second-order valence-electron chi connectivity index (χ2n) is 2.33. The Hall–Kier alpha value is -1.32. The summed E-state index contributed by atoms with van der Waals surface area (Å²) in [5, 5.41) is 7.62. The van der Waals surface area contributed by atoms with Crippen LogP contribution in [0.3, 0.4) is 0 Å². The minimum absolute atomic E-state index is 0.494. The minimum Gasteiger partial charge on any atom is -0.480 e. The van der Waals surface area contributed by atoms with E-state index in [1.165, 1.54) is 0 Å². The van der Waals surface area contributed by atoms with E-state index in [1.807, 2.05) is 13.8 Å². The maximum absolute atomic E-state index is 5.68. The second kappa shape index (κ2) is 2.74. The predicted octanol–water partition coefficient (Wildman–Crippen LogP) is 0.684. The molecule has 1 aromatic rings. The van der Waals surface area contributed by atoms with Crippen LogP contribution in [0.1, 0.15) is 11.3 Å². The molecule has 0 bridgehead atoms. The molecule has 0 radical (unpaired) electrons. The predicted molar refractivity (Wildman–Crippen MR) is 42.5 cm³/mol. The zero-order valence-electron chi connectivity index (χ0n) is 6.88. The monoisotopic (exact) mass is 153 g/mol. The van der Waals surface area contributed by atoms with Crippen molar-refractivity contribution in [3.8, 4) is 5.88 Å². The number of aromatic nitrogens is 2. The third kappa shape index (κ3) is 1.24. The molecule has 0 aliphatic heterocycles. The summed E-state index contributed by atoms with van der Waals surface area (Å²) in [6.07, 6.45) is 0. The van der Waals surface area contributed by atoms with Gasteiger partial charge in [0.25, 0.3) is 0 Å². The standard InChI is InChI=1S/C7H11N3O/c1-4-6(8)5(2)9-10-7(4)11-3/h1-3H3,(H2,8,10). The second-order valence-corrected chi connectivity index (χ2v) is 2.33. The Kier molecular flexibility index (Phi) is 1.94. The van der Waals surface area contributed by atoms with Gasteiger partial charge in [-0.25, -0.2) is 0 Å². The average Bonchev–Trinajstić information content (AvgIpc) is 2.01. The number of ether oxygens (including phenoxy) is 1. The fourth-order valence-electron chi connectivity index (χ4n) is 0.830. The van der Waals surface area contributed by atoms with E-state index in [4.69, 9.17) is 10.5 Å². The van der Waals surface area contributed by atoms with E-state index in [9.17, 15) is 0 Å². The van der Waals surface area contributed by atoms with Crippen LogP contribution in [0.5, 0.6) is 5.88 Å². The number of nitrogens with zero attached hydrogens (tertiary/aromatic N) is 2. The Bertz CT molecular complexity index is 273. The molecule has 0 saturated carbocycles. The molecule has 4 nitrogen and oxygen atoms in total. The average molecular weight is 153 g/mol. The molecule has 4 heteroatoms. The molecule has 0 unspecified atom stereocenters. The molecule has 1 heterocycles. The molecule has 0 aliphatic rings. The Morgan fingerprint density at radius 1 is 1.27 bits per heavy atom. The van der Waals surface area contributed by atoms with Crippen LogP contribution in [0.2, 0.25) is 0 Å². The molecule has 1 aromatic heterocycles. The third-order valence-electron chi connectivity index (χ3n) is 1.60. The molecule has 0 amide bonds. The number of hydrogen-bond acceptors (Lipinski definition) is 4. The van der Waals surface area contributed by atoms with Gasteiger partial charge in [-0.1, -0.05) is 0 Å². The fourth-order valence-corrected chi connectivity index (χ4v) is 0.830. The van der Waals surface area contributed by atoms with Crippen molar-refractivity contribution in [2.24, 2.45) is 0 Å². The van der Waals surface area contributed by atoms with E-state index in [0.717, 1.165) is 11.3 Å². The maximum atomic E-state index is 5.68. The number of methoxy groups -OCH3 is 1. The van der Waals surface area contributed by atoms with Crippen molar-refractivity contribution in [2.75, 3.05) is 12.8 Å². The van der Waals surface area contributed by atoms with Gasteiger partial charge in [0.05, 0.1) is 18.5 Å². The molecule has 0 spiro atoms. The van der Waals surface area contributed by atoms with E-state index < -0.39 is 0 Å². The van der Waals surface area contributed by atoms with Crippen molar-refractivity contribution < 1.29 is 4.74 Å². The van der Waals surface area contributed by atoms with Crippen molar-refractivity contribution in [3.63, 3.8) is 0 Å². The van der Waals surface area contributed by atoms with Gasteiger partial charge in [-0.05, 0) is 13.8 Å². The van der Waals surface area contributed by atoms with Gasteiger partial charge in [-0.2, -0.15) is 5.10 Å². The van der Waals surface area contributed by atoms with Crippen LogP contribution in [0.4, 0.5) is 5.69 Å². The largest absolute Gasteiger partial charge is 0.480 e. The molecular weight excluding hydrogens is 142 g/mol. The first kappa shape index (κ1) is 7.78. The topological polar surface area (TPSA) is 61.0 Å². The minimum atomic E-state index is 0.494. The van der Waals surface area contributed by atoms with Gasteiger partial charge in [0.2, 0.25) is 5.88 Å². The molecule has 0 saturated heterocycles. The lowest BCUT2D eigenvalue weighted by Crippen LogP contribution is -2.02. The molecule has 0 aliphatic carbocycles. The molecule has 2 N–H and O–H groups in total. The van der Waals surface area contributed by atoms with Gasteiger partial charge in [-0.3, -0.25) is 0 Å². The van der Waals surface area contributed by atoms with E-state index in [0.29, 0.717) is 11.6 Å². The molecule has 0 aromatic carbocycles. The summed E-state index contributed by atoms with van der Waals surface area (Å²) >= 11 is 0. The van der Waals surface area contributed by atoms with Gasteiger partial charge in [0.15, 0.2) is 0 Å². The molecule has 1 rings (SSSR count). The maximum Gasteiger partial charge on any atom is 0.238 e. The van der Waals surface area contributed by atoms with Crippen LogP contribution in [-0.2, 0) is 0 Å². The van der Waals surface area contributed by atoms with Crippen molar-refractivity contribution >= 4 is 5.69 Å². The fraction of sp³-hybridized carbons (Fsp3) is 0.429. The Balaban J connectivity index is 3.25. The van der Waals surface area contributed by atoms with Gasteiger partial charge < -0.3 is 10.5 Å². The van der Waals surface area contributed by atoms with Crippen molar-refractivity contribution in [1.82, 2.24) is 10.2 Å². The van der Waals surface area contributed by atoms with E-state index in [2.05, 4.69) is 10.2 Å². The number of aryl methyl sites for hydroxylation is 1. The first-order valence-electron chi connectivity index (χ1n) is 3.30. The van der Waals surface area contributed by atoms with Crippen LogP contribution < -0.4 is 10.5 Å². The van der Waals surface area contributed by atoms with Gasteiger partial charge >= 0.3 is 0 Å². The smallest absolute Gasteiger partial charge is 0.238 e. The summed E-state index contributed by atoms with van der Waals surface area (Å²) in [7, 11) is 1.55. The summed E-state index contributed by atoms with van der Waals surface area (Å²) < 4.78 is 4.93. The first-order chi connectivity index (χ1) is 5.16. The van der Waals surface area contributed by atoms with Crippen LogP contribution in [0.25, 0.3) is 0 Å². The lowest BCUT2D eigenvalue weighted by atomic mass is 10.2. The number of rotatable bonds is 1. The summed E-state index contributed by atoms with van der Waals surface area (Å²) in [5.74, 6) is 0.494. The zero-order valence-corrected chi connectivity index (χ0v) is 6.88. The van der Waals surface area contributed by atoms with Crippen LogP contribution in [-0.4, -0.2) is 17.3 Å². The van der Waals surface area contributed by atoms with Crippen LogP contribution in [0.15, 0.2) is 0 Å². The highest BCUT2D eigenvalue weighted by Crippen LogP contribution is 2.20. The zero-order chi connectivity index (χ0) is 8.43. The number of nitrogen functional groups attached to an aromatic ring is 1. The number of anilines is 1. The summed E-state index contributed by atoms with van der Waals surface area (Å²) in [4.78, 5) is 0. The summed E-state index contributed by atoms with van der Waals surface area (Å²) in [6, 6.07) is 0.